The molecule has 1 N–H and O–H groups in total. The zero-order chi connectivity index (χ0) is 24.5. The summed E-state index contributed by atoms with van der Waals surface area (Å²) in [6, 6.07) is 17.6. The SMILES string of the molecule is Cc1nnc(N2CCC[C@@H](C(=O)N[C@H](C)c3ccccc3)C2)c2nn(-c3ccc(Cl)cc3)c(C)c12. The molecule has 1 fully saturated rings. The number of nitrogens with one attached hydrogen (secondary N) is 1. The Morgan fingerprint density at radius 1 is 1.09 bits per heavy atom. The Morgan fingerprint density at radius 3 is 2.57 bits per heavy atom. The van der Waals surface area contributed by atoms with Crippen molar-refractivity contribution in [3.05, 3.63) is 76.6 Å². The normalized spacial score (nSPS) is 16.9. The molecule has 0 saturated carbocycles. The quantitative estimate of drug-likeness (QED) is 0.419. The Hall–Kier alpha value is -3.45. The molecule has 180 valence electrons. The van der Waals surface area contributed by atoms with E-state index in [1.54, 1.807) is 0 Å². The van der Waals surface area contributed by atoms with Gasteiger partial charge in [-0.2, -0.15) is 10.2 Å². The summed E-state index contributed by atoms with van der Waals surface area (Å²) in [5.41, 5.74) is 4.68. The van der Waals surface area contributed by atoms with Crippen molar-refractivity contribution >= 4 is 34.2 Å². The first-order valence-corrected chi connectivity index (χ1v) is 12.4. The topological polar surface area (TPSA) is 75.9 Å². The summed E-state index contributed by atoms with van der Waals surface area (Å²) >= 11 is 6.09. The highest BCUT2D eigenvalue weighted by molar-refractivity contribution is 6.30. The van der Waals surface area contributed by atoms with E-state index in [-0.39, 0.29) is 17.9 Å². The van der Waals surface area contributed by atoms with E-state index in [9.17, 15) is 4.79 Å². The van der Waals surface area contributed by atoms with Crippen molar-refractivity contribution in [2.24, 2.45) is 5.92 Å². The molecule has 0 bridgehead atoms. The number of halogens is 1. The van der Waals surface area contributed by atoms with Gasteiger partial charge in [-0.3, -0.25) is 4.79 Å². The van der Waals surface area contributed by atoms with E-state index in [1.165, 1.54) is 0 Å². The van der Waals surface area contributed by atoms with Crippen LogP contribution in [0.5, 0.6) is 0 Å². The molecule has 1 aliphatic rings. The molecule has 35 heavy (non-hydrogen) atoms. The van der Waals surface area contributed by atoms with Crippen LogP contribution in [-0.2, 0) is 4.79 Å². The zero-order valence-electron chi connectivity index (χ0n) is 20.2. The summed E-state index contributed by atoms with van der Waals surface area (Å²) < 4.78 is 1.91. The summed E-state index contributed by atoms with van der Waals surface area (Å²) in [6.45, 7) is 7.43. The van der Waals surface area contributed by atoms with Crippen LogP contribution in [0.15, 0.2) is 54.6 Å². The van der Waals surface area contributed by atoms with Gasteiger partial charge in [-0.05, 0) is 63.4 Å². The van der Waals surface area contributed by atoms with Crippen LogP contribution in [0.4, 0.5) is 5.82 Å². The minimum Gasteiger partial charge on any atom is -0.352 e. The summed E-state index contributed by atoms with van der Waals surface area (Å²) in [4.78, 5) is 15.3. The standard InChI is InChI=1S/C27H29ClN6O/c1-17(20-8-5-4-6-9-20)29-27(35)21-10-7-15-33(16-21)26-25-24(18(2)30-31-26)19(3)34(32-25)23-13-11-22(28)12-14-23/h4-6,8-9,11-14,17,21H,7,10,15-16H2,1-3H3,(H,29,35)/t17-,21-/m1/s1. The van der Waals surface area contributed by atoms with Gasteiger partial charge < -0.3 is 10.2 Å². The molecule has 0 radical (unpaired) electrons. The molecule has 1 amide bonds. The molecule has 0 unspecified atom stereocenters. The molecule has 2 atom stereocenters. The van der Waals surface area contributed by atoms with E-state index in [2.05, 4.69) is 20.4 Å². The van der Waals surface area contributed by atoms with Crippen molar-refractivity contribution < 1.29 is 4.79 Å². The van der Waals surface area contributed by atoms with Crippen molar-refractivity contribution in [2.45, 2.75) is 39.7 Å². The monoisotopic (exact) mass is 488 g/mol. The molecule has 2 aromatic heterocycles. The van der Waals surface area contributed by atoms with E-state index in [0.29, 0.717) is 11.6 Å². The summed E-state index contributed by atoms with van der Waals surface area (Å²) in [6.07, 6.45) is 1.76. The van der Waals surface area contributed by atoms with Gasteiger partial charge >= 0.3 is 0 Å². The first-order valence-electron chi connectivity index (χ1n) is 12.0. The molecular weight excluding hydrogens is 460 g/mol. The highest BCUT2D eigenvalue weighted by Crippen LogP contribution is 2.32. The van der Waals surface area contributed by atoms with Gasteiger partial charge in [0.2, 0.25) is 5.91 Å². The number of hydrogen-bond donors (Lipinski definition) is 1. The number of aromatic nitrogens is 4. The van der Waals surface area contributed by atoms with Gasteiger partial charge in [0.1, 0.15) is 5.52 Å². The van der Waals surface area contributed by atoms with Gasteiger partial charge in [-0.15, -0.1) is 5.10 Å². The third-order valence-corrected chi connectivity index (χ3v) is 7.06. The van der Waals surface area contributed by atoms with Crippen LogP contribution in [0.2, 0.25) is 5.02 Å². The minimum atomic E-state index is -0.118. The molecule has 8 heteroatoms. The number of carbonyl (C=O) groups is 1. The third-order valence-electron chi connectivity index (χ3n) is 6.81. The predicted octanol–water partition coefficient (Wildman–Crippen LogP) is 5.18. The fourth-order valence-corrected chi connectivity index (χ4v) is 5.02. The van der Waals surface area contributed by atoms with Crippen molar-refractivity contribution in [1.82, 2.24) is 25.3 Å². The van der Waals surface area contributed by atoms with Gasteiger partial charge in [-0.25, -0.2) is 4.68 Å². The van der Waals surface area contributed by atoms with Crippen LogP contribution in [-0.4, -0.2) is 39.0 Å². The third kappa shape index (κ3) is 4.60. The molecule has 3 heterocycles. The number of fused-ring (bicyclic) bond motifs is 1. The number of anilines is 1. The summed E-state index contributed by atoms with van der Waals surface area (Å²) in [5.74, 6) is 0.688. The molecule has 7 nitrogen and oxygen atoms in total. The number of nitrogens with zero attached hydrogens (tertiary/aromatic N) is 5. The van der Waals surface area contributed by atoms with Crippen LogP contribution in [0.25, 0.3) is 16.6 Å². The van der Waals surface area contributed by atoms with Gasteiger partial charge in [0, 0.05) is 18.1 Å². The second kappa shape index (κ2) is 9.66. The van der Waals surface area contributed by atoms with Crippen LogP contribution < -0.4 is 10.2 Å². The largest absolute Gasteiger partial charge is 0.352 e. The first-order chi connectivity index (χ1) is 16.9. The second-order valence-electron chi connectivity index (χ2n) is 9.23. The average Bonchev–Trinajstić information content (AvgIpc) is 3.23. The predicted molar refractivity (Wildman–Crippen MR) is 139 cm³/mol. The second-order valence-corrected chi connectivity index (χ2v) is 9.67. The van der Waals surface area contributed by atoms with E-state index in [4.69, 9.17) is 16.7 Å². The molecule has 1 saturated heterocycles. The maximum atomic E-state index is 13.1. The number of hydrogen-bond acceptors (Lipinski definition) is 5. The lowest BCUT2D eigenvalue weighted by molar-refractivity contribution is -0.125. The molecule has 5 rings (SSSR count). The molecule has 0 aliphatic carbocycles. The Bertz CT molecular complexity index is 1350. The Kier molecular flexibility index (Phi) is 6.43. The highest BCUT2D eigenvalue weighted by Gasteiger charge is 2.30. The fourth-order valence-electron chi connectivity index (χ4n) is 4.90. The molecule has 1 aliphatic heterocycles. The highest BCUT2D eigenvalue weighted by atomic mass is 35.5. The lowest BCUT2D eigenvalue weighted by atomic mass is 9.96. The van der Waals surface area contributed by atoms with Crippen molar-refractivity contribution in [3.63, 3.8) is 0 Å². The van der Waals surface area contributed by atoms with Gasteiger partial charge in [0.25, 0.3) is 0 Å². The number of benzene rings is 2. The molecule has 4 aromatic rings. The average molecular weight is 489 g/mol. The van der Waals surface area contributed by atoms with Crippen LogP contribution in [0.1, 0.15) is 42.8 Å². The van der Waals surface area contributed by atoms with Gasteiger partial charge in [0.15, 0.2) is 5.82 Å². The number of aryl methyl sites for hydroxylation is 2. The first kappa shape index (κ1) is 23.3. The van der Waals surface area contributed by atoms with Crippen LogP contribution >= 0.6 is 11.6 Å². The maximum absolute atomic E-state index is 13.1. The summed E-state index contributed by atoms with van der Waals surface area (Å²) in [5, 5.41) is 18.8. The summed E-state index contributed by atoms with van der Waals surface area (Å²) in [7, 11) is 0. The number of amides is 1. The van der Waals surface area contributed by atoms with Crippen molar-refractivity contribution in [1.29, 1.82) is 0 Å². The van der Waals surface area contributed by atoms with E-state index in [1.807, 2.05) is 80.1 Å². The smallest absolute Gasteiger partial charge is 0.225 e. The van der Waals surface area contributed by atoms with Gasteiger partial charge in [-0.1, -0.05) is 41.9 Å². The Labute approximate surface area is 210 Å². The lowest BCUT2D eigenvalue weighted by Gasteiger charge is -2.33. The fraction of sp³-hybridized carbons (Fsp3) is 0.333. The lowest BCUT2D eigenvalue weighted by Crippen LogP contribution is -2.44. The zero-order valence-corrected chi connectivity index (χ0v) is 21.0. The van der Waals surface area contributed by atoms with Crippen molar-refractivity contribution in [2.75, 3.05) is 18.0 Å². The Morgan fingerprint density at radius 2 is 1.83 bits per heavy atom. The number of piperidine rings is 1. The van der Waals surface area contributed by atoms with Crippen LogP contribution in [0.3, 0.4) is 0 Å². The van der Waals surface area contributed by atoms with Crippen LogP contribution in [0, 0.1) is 19.8 Å². The number of carbonyl (C=O) groups excluding carboxylic acids is 1. The van der Waals surface area contributed by atoms with E-state index in [0.717, 1.165) is 58.7 Å². The van der Waals surface area contributed by atoms with Gasteiger partial charge in [0.05, 0.1) is 34.4 Å². The van der Waals surface area contributed by atoms with Crippen molar-refractivity contribution in [3.8, 4) is 5.69 Å². The Balaban J connectivity index is 1.42. The molecule has 2 aromatic carbocycles. The molecule has 0 spiro atoms. The van der Waals surface area contributed by atoms with E-state index < -0.39 is 0 Å². The minimum absolute atomic E-state index is 0.0392. The molecular formula is C27H29ClN6O. The maximum Gasteiger partial charge on any atom is 0.225 e. The number of rotatable bonds is 5. The van der Waals surface area contributed by atoms with E-state index >= 15 is 0 Å².